The maximum Gasteiger partial charge on any atom is -0.0130 e. The van der Waals surface area contributed by atoms with E-state index in [0.29, 0.717) is 0 Å². The van der Waals surface area contributed by atoms with Crippen molar-refractivity contribution >= 4 is 0 Å². The minimum Gasteiger partial charge on any atom is -0.0802 e. The molecular formula is C10H18. The molecule has 58 valence electrons. The van der Waals surface area contributed by atoms with E-state index in [4.69, 9.17) is 0 Å². The molecule has 0 atom stereocenters. The molecule has 0 fully saturated rings. The van der Waals surface area contributed by atoms with Crippen LogP contribution in [0.15, 0.2) is 23.3 Å². The molecule has 1 rings (SSSR count). The number of hydrogen-bond acceptors (Lipinski definition) is 0. The van der Waals surface area contributed by atoms with Gasteiger partial charge in [0, 0.05) is 0 Å². The van der Waals surface area contributed by atoms with Crippen LogP contribution in [0.25, 0.3) is 0 Å². The van der Waals surface area contributed by atoms with E-state index in [1.54, 1.807) is 5.57 Å². The Balaban J connectivity index is 0.000000371. The third kappa shape index (κ3) is 2.38. The molecule has 0 unspecified atom stereocenters. The predicted octanol–water partition coefficient (Wildman–Crippen LogP) is 3.70. The molecule has 0 heterocycles. The summed E-state index contributed by atoms with van der Waals surface area (Å²) in [4.78, 5) is 0. The third-order valence-electron chi connectivity index (χ3n) is 1.72. The van der Waals surface area contributed by atoms with Crippen LogP contribution in [-0.4, -0.2) is 0 Å². The molecule has 0 aromatic carbocycles. The van der Waals surface area contributed by atoms with Crippen molar-refractivity contribution in [3.63, 3.8) is 0 Å². The van der Waals surface area contributed by atoms with Gasteiger partial charge in [-0.3, -0.25) is 0 Å². The standard InChI is InChI=1S/C8H12.C2H6/c1-3-8-6-4-5-7(8)2;1-2/h4-5H,3,6H2,1-2H3;1-2H3. The van der Waals surface area contributed by atoms with Gasteiger partial charge in [-0.05, 0) is 19.8 Å². The molecule has 1 aliphatic carbocycles. The van der Waals surface area contributed by atoms with Crippen molar-refractivity contribution in [3.05, 3.63) is 23.3 Å². The first-order valence-corrected chi connectivity index (χ1v) is 4.19. The molecular weight excluding hydrogens is 120 g/mol. The summed E-state index contributed by atoms with van der Waals surface area (Å²) in [7, 11) is 0. The minimum atomic E-state index is 1.20. The summed E-state index contributed by atoms with van der Waals surface area (Å²) in [6.07, 6.45) is 6.86. The lowest BCUT2D eigenvalue weighted by Gasteiger charge is -1.94. The summed E-state index contributed by atoms with van der Waals surface area (Å²) in [5.41, 5.74) is 3.08. The number of hydrogen-bond donors (Lipinski definition) is 0. The molecule has 0 aromatic heterocycles. The van der Waals surface area contributed by atoms with Crippen molar-refractivity contribution in [1.29, 1.82) is 0 Å². The Morgan fingerprint density at radius 3 is 2.20 bits per heavy atom. The van der Waals surface area contributed by atoms with E-state index in [2.05, 4.69) is 26.0 Å². The van der Waals surface area contributed by atoms with Crippen molar-refractivity contribution in [2.24, 2.45) is 0 Å². The van der Waals surface area contributed by atoms with Gasteiger partial charge in [0.05, 0.1) is 0 Å². The van der Waals surface area contributed by atoms with Gasteiger partial charge >= 0.3 is 0 Å². The van der Waals surface area contributed by atoms with E-state index in [1.165, 1.54) is 18.4 Å². The Hall–Kier alpha value is -0.520. The third-order valence-corrected chi connectivity index (χ3v) is 1.72. The quantitative estimate of drug-likeness (QED) is 0.518. The lowest BCUT2D eigenvalue weighted by molar-refractivity contribution is 1.03. The molecule has 0 saturated heterocycles. The normalized spacial score (nSPS) is 15.2. The Labute approximate surface area is 64.6 Å². The van der Waals surface area contributed by atoms with Crippen LogP contribution in [-0.2, 0) is 0 Å². The minimum absolute atomic E-state index is 1.20. The zero-order valence-electron chi connectivity index (χ0n) is 7.57. The summed E-state index contributed by atoms with van der Waals surface area (Å²) < 4.78 is 0. The second-order valence-corrected chi connectivity index (χ2v) is 2.25. The first kappa shape index (κ1) is 9.48. The molecule has 0 nitrogen and oxygen atoms in total. The van der Waals surface area contributed by atoms with Gasteiger partial charge < -0.3 is 0 Å². The fourth-order valence-corrected chi connectivity index (χ4v) is 1.08. The van der Waals surface area contributed by atoms with E-state index in [0.717, 1.165) is 0 Å². The van der Waals surface area contributed by atoms with E-state index in [-0.39, 0.29) is 0 Å². The lowest BCUT2D eigenvalue weighted by atomic mass is 10.1. The number of rotatable bonds is 1. The monoisotopic (exact) mass is 138 g/mol. The van der Waals surface area contributed by atoms with Gasteiger partial charge in [0.1, 0.15) is 0 Å². The molecule has 0 aromatic rings. The molecule has 10 heavy (non-hydrogen) atoms. The summed E-state index contributed by atoms with van der Waals surface area (Å²) in [6, 6.07) is 0. The molecule has 0 bridgehead atoms. The molecule has 0 amide bonds. The highest BCUT2D eigenvalue weighted by molar-refractivity contribution is 5.31. The van der Waals surface area contributed by atoms with Gasteiger partial charge in [-0.15, -0.1) is 0 Å². The van der Waals surface area contributed by atoms with Crippen molar-refractivity contribution in [2.75, 3.05) is 0 Å². The van der Waals surface area contributed by atoms with Crippen LogP contribution in [0.1, 0.15) is 40.5 Å². The smallest absolute Gasteiger partial charge is 0.0130 e. The molecule has 1 aliphatic rings. The van der Waals surface area contributed by atoms with Crippen LogP contribution in [0.4, 0.5) is 0 Å². The van der Waals surface area contributed by atoms with Crippen molar-refractivity contribution in [1.82, 2.24) is 0 Å². The maximum atomic E-state index is 2.23. The van der Waals surface area contributed by atoms with Gasteiger partial charge in [-0.2, -0.15) is 0 Å². The highest BCUT2D eigenvalue weighted by Gasteiger charge is 1.99. The van der Waals surface area contributed by atoms with E-state index < -0.39 is 0 Å². The second-order valence-electron chi connectivity index (χ2n) is 2.25. The van der Waals surface area contributed by atoms with Gasteiger partial charge in [-0.1, -0.05) is 44.1 Å². The Kier molecular flexibility index (Phi) is 5.00. The van der Waals surface area contributed by atoms with E-state index >= 15 is 0 Å². The maximum absolute atomic E-state index is 2.23. The zero-order valence-corrected chi connectivity index (χ0v) is 7.57. The molecule has 0 heteroatoms. The Morgan fingerprint density at radius 1 is 1.40 bits per heavy atom. The summed E-state index contributed by atoms with van der Waals surface area (Å²) >= 11 is 0. The largest absolute Gasteiger partial charge is 0.0802 e. The fourth-order valence-electron chi connectivity index (χ4n) is 1.08. The Morgan fingerprint density at radius 2 is 2.00 bits per heavy atom. The van der Waals surface area contributed by atoms with Gasteiger partial charge in [0.25, 0.3) is 0 Å². The average molecular weight is 138 g/mol. The fraction of sp³-hybridized carbons (Fsp3) is 0.600. The van der Waals surface area contributed by atoms with Crippen LogP contribution >= 0.6 is 0 Å². The topological polar surface area (TPSA) is 0 Å². The van der Waals surface area contributed by atoms with Crippen molar-refractivity contribution < 1.29 is 0 Å². The molecule has 0 spiro atoms. The van der Waals surface area contributed by atoms with Crippen LogP contribution in [0.2, 0.25) is 0 Å². The van der Waals surface area contributed by atoms with Crippen LogP contribution in [0, 0.1) is 0 Å². The SMILES string of the molecule is CC.CCC1=C(C)C=CC1. The summed E-state index contributed by atoms with van der Waals surface area (Å²) in [5, 5.41) is 0. The van der Waals surface area contributed by atoms with Gasteiger partial charge in [-0.25, -0.2) is 0 Å². The van der Waals surface area contributed by atoms with E-state index in [9.17, 15) is 0 Å². The molecule has 0 saturated carbocycles. The zero-order chi connectivity index (χ0) is 7.98. The van der Waals surface area contributed by atoms with Gasteiger partial charge in [0.2, 0.25) is 0 Å². The lowest BCUT2D eigenvalue weighted by Crippen LogP contribution is -1.75. The van der Waals surface area contributed by atoms with Crippen molar-refractivity contribution in [3.8, 4) is 0 Å². The van der Waals surface area contributed by atoms with Gasteiger partial charge in [0.15, 0.2) is 0 Å². The van der Waals surface area contributed by atoms with Crippen molar-refractivity contribution in [2.45, 2.75) is 40.5 Å². The second kappa shape index (κ2) is 5.28. The first-order valence-electron chi connectivity index (χ1n) is 4.19. The average Bonchev–Trinajstić information content (AvgIpc) is 2.39. The predicted molar refractivity (Wildman–Crippen MR) is 48.1 cm³/mol. The highest BCUT2D eigenvalue weighted by atomic mass is 14.1. The number of allylic oxidation sites excluding steroid dienone is 4. The summed E-state index contributed by atoms with van der Waals surface area (Å²) in [6.45, 7) is 8.40. The van der Waals surface area contributed by atoms with E-state index in [1.807, 2.05) is 13.8 Å². The highest BCUT2D eigenvalue weighted by Crippen LogP contribution is 2.20. The Bertz CT molecular complexity index is 138. The summed E-state index contributed by atoms with van der Waals surface area (Å²) in [5.74, 6) is 0. The van der Waals surface area contributed by atoms with Crippen LogP contribution in [0.3, 0.4) is 0 Å². The van der Waals surface area contributed by atoms with Crippen LogP contribution < -0.4 is 0 Å². The molecule has 0 N–H and O–H groups in total. The van der Waals surface area contributed by atoms with Crippen LogP contribution in [0.5, 0.6) is 0 Å². The molecule has 0 radical (unpaired) electrons. The molecule has 0 aliphatic heterocycles. The first-order chi connectivity index (χ1) is 4.84.